The summed E-state index contributed by atoms with van der Waals surface area (Å²) in [7, 11) is 0. The second kappa shape index (κ2) is 14.3. The molecule has 1 aliphatic heterocycles. The van der Waals surface area contributed by atoms with Crippen molar-refractivity contribution in [2.24, 2.45) is 4.99 Å². The molecule has 0 aliphatic carbocycles. The van der Waals surface area contributed by atoms with Gasteiger partial charge in [-0.15, -0.1) is 0 Å². The lowest BCUT2D eigenvalue weighted by Crippen LogP contribution is -2.10. The molecule has 3 heterocycles. The Morgan fingerprint density at radius 3 is 2.67 bits per heavy atom. The van der Waals surface area contributed by atoms with Crippen LogP contribution in [-0.2, 0) is 4.79 Å². The number of nitrogens with zero attached hydrogens (tertiary/aromatic N) is 1. The molecule has 3 aromatic rings. The maximum Gasteiger partial charge on any atom is 0.304 e. The van der Waals surface area contributed by atoms with Crippen LogP contribution < -0.4 is 10.5 Å². The van der Waals surface area contributed by atoms with E-state index in [9.17, 15) is 4.79 Å². The molecule has 1 aromatic carbocycles. The van der Waals surface area contributed by atoms with Gasteiger partial charge in [-0.1, -0.05) is 44.4 Å². The molecule has 1 aliphatic rings. The van der Waals surface area contributed by atoms with Gasteiger partial charge in [0.05, 0.1) is 36.5 Å². The van der Waals surface area contributed by atoms with Gasteiger partial charge in [-0.2, -0.15) is 0 Å². The molecule has 9 N–H and O–H groups in total. The Balaban J connectivity index is 0.000000886. The summed E-state index contributed by atoms with van der Waals surface area (Å²) >= 11 is 6.25. The Bertz CT molecular complexity index is 1100. The van der Waals surface area contributed by atoms with Crippen LogP contribution in [0.5, 0.6) is 5.75 Å². The fourth-order valence-electron chi connectivity index (χ4n) is 2.91. The fraction of sp³-hybridized carbons (Fsp3) is 0.318. The van der Waals surface area contributed by atoms with Crippen LogP contribution in [0, 0.1) is 4.64 Å². The first-order chi connectivity index (χ1) is 14.5. The lowest BCUT2D eigenvalue weighted by Gasteiger charge is -2.06. The first-order valence-electron chi connectivity index (χ1n) is 9.58. The third-order valence-electron chi connectivity index (χ3n) is 4.24. The minimum absolute atomic E-state index is 0. The number of nitrogens with one attached hydrogen (secondary N) is 2. The zero-order chi connectivity index (χ0) is 21.5. The predicted molar refractivity (Wildman–Crippen MR) is 139 cm³/mol. The van der Waals surface area contributed by atoms with E-state index in [4.69, 9.17) is 27.8 Å². The maximum absolute atomic E-state index is 10.8. The highest BCUT2D eigenvalue weighted by Crippen LogP contribution is 2.32. The normalized spacial score (nSPS) is 14.0. The molecule has 11 heteroatoms. The highest BCUT2D eigenvalue weighted by Gasteiger charge is 2.24. The van der Waals surface area contributed by atoms with Gasteiger partial charge in [0.1, 0.15) is 15.4 Å². The van der Waals surface area contributed by atoms with Gasteiger partial charge in [0.25, 0.3) is 0 Å². The molecule has 1 unspecified atom stereocenters. The van der Waals surface area contributed by atoms with Gasteiger partial charge in [0.2, 0.25) is 0 Å². The van der Waals surface area contributed by atoms with Crippen molar-refractivity contribution < 1.29 is 25.6 Å². The van der Waals surface area contributed by atoms with Gasteiger partial charge in [0, 0.05) is 22.9 Å². The summed E-state index contributed by atoms with van der Waals surface area (Å²) in [6, 6.07) is 11.4. The summed E-state index contributed by atoms with van der Waals surface area (Å²) < 4.78 is 6.43. The quantitative estimate of drug-likeness (QED) is 0.299. The maximum atomic E-state index is 10.8. The summed E-state index contributed by atoms with van der Waals surface area (Å²) in [6.45, 7) is 3.24. The Labute approximate surface area is 202 Å². The molecule has 0 radical (unpaired) electrons. The van der Waals surface area contributed by atoms with E-state index in [1.54, 1.807) is 0 Å². The highest BCUT2D eigenvalue weighted by atomic mass is 32.2. The Hall–Kier alpha value is -2.86. The van der Waals surface area contributed by atoms with Gasteiger partial charge in [0.15, 0.2) is 0 Å². The summed E-state index contributed by atoms with van der Waals surface area (Å²) in [6.07, 6.45) is 2.87. The third kappa shape index (κ3) is 8.54. The number of anilines is 1. The molecular formula is C22H32N4O5S2. The average Bonchev–Trinajstić information content (AvgIpc) is 3.34. The molecular weight excluding hydrogens is 464 g/mol. The van der Waals surface area contributed by atoms with Crippen molar-refractivity contribution in [3.63, 3.8) is 0 Å². The van der Waals surface area contributed by atoms with Crippen molar-refractivity contribution in [1.29, 1.82) is 0 Å². The van der Waals surface area contributed by atoms with Crippen LogP contribution in [-0.4, -0.2) is 55.4 Å². The number of thioether (sulfide) groups is 1. The number of H-pyrrole nitrogens is 2. The minimum Gasteiger partial charge on any atom is -0.494 e. The van der Waals surface area contributed by atoms with Crippen molar-refractivity contribution in [2.45, 2.75) is 32.4 Å². The number of aromatic amines is 2. The molecule has 1 atom stereocenters. The number of benzene rings is 1. The molecule has 182 valence electrons. The van der Waals surface area contributed by atoms with E-state index in [2.05, 4.69) is 21.9 Å². The average molecular weight is 497 g/mol. The number of nitrogens with two attached hydrogens (primary N) is 1. The molecule has 0 spiro atoms. The lowest BCUT2D eigenvalue weighted by atomic mass is 10.2. The molecule has 33 heavy (non-hydrogen) atoms. The third-order valence-corrected chi connectivity index (χ3v) is 5.71. The molecule has 9 nitrogen and oxygen atoms in total. The van der Waals surface area contributed by atoms with Crippen LogP contribution in [0.25, 0.3) is 10.9 Å². The van der Waals surface area contributed by atoms with Crippen LogP contribution in [0.1, 0.15) is 32.9 Å². The van der Waals surface area contributed by atoms with E-state index in [0.29, 0.717) is 18.8 Å². The van der Waals surface area contributed by atoms with Gasteiger partial charge >= 0.3 is 5.97 Å². The lowest BCUT2D eigenvalue weighted by molar-refractivity contribution is -0.136. The molecule has 0 saturated heterocycles. The predicted octanol–water partition coefficient (Wildman–Crippen LogP) is 3.61. The summed E-state index contributed by atoms with van der Waals surface area (Å²) in [4.78, 5) is 21.4. The first kappa shape index (κ1) is 30.1. The summed E-state index contributed by atoms with van der Waals surface area (Å²) in [5.74, 6) is -0.0373. The van der Waals surface area contributed by atoms with Crippen LogP contribution in [0.2, 0.25) is 0 Å². The van der Waals surface area contributed by atoms with E-state index in [-0.39, 0.29) is 30.0 Å². The zero-order valence-corrected chi connectivity index (χ0v) is 19.2. The smallest absolute Gasteiger partial charge is 0.304 e. The second-order valence-electron chi connectivity index (χ2n) is 6.72. The molecule has 0 fully saturated rings. The number of rotatable bonds is 6. The summed E-state index contributed by atoms with van der Waals surface area (Å²) in [5, 5.41) is 10.7. The van der Waals surface area contributed by atoms with E-state index < -0.39 is 5.97 Å². The molecule has 4 rings (SSSR count). The number of aliphatic imine (C=N–C) groups is 1. The number of pyridine rings is 1. The van der Waals surface area contributed by atoms with Gasteiger partial charge < -0.3 is 36.5 Å². The number of fused-ring (bicyclic) bond motifs is 1. The Morgan fingerprint density at radius 1 is 1.33 bits per heavy atom. The number of carboxylic acids is 1. The number of ether oxygens (including phenoxy) is 1. The number of carboxylic acid groups (broad SMARTS) is 1. The first-order valence-corrected chi connectivity index (χ1v) is 10.9. The molecule has 0 saturated carbocycles. The van der Waals surface area contributed by atoms with Crippen molar-refractivity contribution in [3.8, 4) is 5.75 Å². The van der Waals surface area contributed by atoms with Crippen molar-refractivity contribution >= 4 is 51.6 Å². The topological polar surface area (TPSA) is 179 Å². The standard InChI is InChI=1S/C16H19N3O3S.C5H5NS.CH4.2H2O/c1-2-3-22-10-4-9-5-13(19-15(9)12(17)6-10)16-18-8-11(23-16)7-14(20)21;7-5-3-1-2-4-6-5;;;/h4-6,11,19H,2-3,7-8,17H2,1H3,(H,20,21);1-4H,(H,6,7);1H4;2*1H2. The number of aromatic nitrogens is 2. The Morgan fingerprint density at radius 2 is 2.09 bits per heavy atom. The van der Waals surface area contributed by atoms with Crippen LogP contribution in [0.3, 0.4) is 0 Å². The van der Waals surface area contributed by atoms with E-state index in [1.165, 1.54) is 11.8 Å². The van der Waals surface area contributed by atoms with Crippen LogP contribution >= 0.6 is 24.0 Å². The van der Waals surface area contributed by atoms with Crippen molar-refractivity contribution in [2.75, 3.05) is 18.9 Å². The highest BCUT2D eigenvalue weighted by molar-refractivity contribution is 8.15. The van der Waals surface area contributed by atoms with Crippen LogP contribution in [0.4, 0.5) is 5.69 Å². The molecule has 2 aromatic heterocycles. The zero-order valence-electron chi connectivity index (χ0n) is 17.6. The van der Waals surface area contributed by atoms with E-state index in [0.717, 1.165) is 38.5 Å². The number of aliphatic carboxylic acids is 1. The number of hydrogen-bond donors (Lipinski definition) is 4. The molecule has 0 amide bonds. The van der Waals surface area contributed by atoms with E-state index >= 15 is 0 Å². The number of nitrogen functional groups attached to an aromatic ring is 1. The molecule has 0 bridgehead atoms. The van der Waals surface area contributed by atoms with Crippen LogP contribution in [0.15, 0.2) is 47.6 Å². The fourth-order valence-corrected chi connectivity index (χ4v) is 4.13. The Kier molecular flexibility index (Phi) is 13.1. The monoisotopic (exact) mass is 496 g/mol. The SMILES string of the molecule is C.CCCOc1cc(N)c2[nH]c(C3=NCC(CC(=O)O)S3)cc2c1.O.O.S=c1cccc[nH]1. The summed E-state index contributed by atoms with van der Waals surface area (Å²) in [5.41, 5.74) is 8.46. The number of carbonyl (C=O) groups is 1. The van der Waals surface area contributed by atoms with Crippen molar-refractivity contribution in [1.82, 2.24) is 9.97 Å². The van der Waals surface area contributed by atoms with Gasteiger partial charge in [-0.3, -0.25) is 9.79 Å². The van der Waals surface area contributed by atoms with Gasteiger partial charge in [-0.25, -0.2) is 0 Å². The largest absolute Gasteiger partial charge is 0.494 e. The van der Waals surface area contributed by atoms with Crippen molar-refractivity contribution in [3.05, 3.63) is 52.9 Å². The van der Waals surface area contributed by atoms with E-state index in [1.807, 2.05) is 42.6 Å². The van der Waals surface area contributed by atoms with Gasteiger partial charge in [-0.05, 0) is 30.7 Å². The number of hydrogen-bond acceptors (Lipinski definition) is 6. The second-order valence-corrected chi connectivity index (χ2v) is 8.45. The minimum atomic E-state index is -0.794.